The molecule has 0 fully saturated rings. The average Bonchev–Trinajstić information content (AvgIpc) is 3.26. The molecule has 6 nitrogen and oxygen atoms in total. The van der Waals surface area contributed by atoms with Crippen LogP contribution in [0.15, 0.2) is 40.8 Å². The molecule has 0 saturated heterocycles. The fourth-order valence-electron chi connectivity index (χ4n) is 2.50. The number of carbonyl (C=O) groups excluding carboxylic acids is 2. The highest BCUT2D eigenvalue weighted by Crippen LogP contribution is 2.31. The van der Waals surface area contributed by atoms with Crippen molar-refractivity contribution in [2.45, 2.75) is 6.92 Å². The fraction of sp³-hybridized carbons (Fsp3) is 0.278. The summed E-state index contributed by atoms with van der Waals surface area (Å²) in [7, 11) is 2.96. The molecule has 0 saturated carbocycles. The Morgan fingerprint density at radius 1 is 1.28 bits per heavy atom. The molecule has 3 aromatic rings. The van der Waals surface area contributed by atoms with Crippen LogP contribution in [0.1, 0.15) is 17.5 Å². The van der Waals surface area contributed by atoms with Crippen molar-refractivity contribution in [2.24, 2.45) is 5.92 Å². The number of fused-ring (bicyclic) bond motifs is 1. The van der Waals surface area contributed by atoms with E-state index in [9.17, 15) is 9.59 Å². The van der Waals surface area contributed by atoms with Gasteiger partial charge in [-0.15, -0.1) is 11.3 Å². The molecule has 0 aliphatic rings. The minimum absolute atomic E-state index is 0.217. The first-order chi connectivity index (χ1) is 12.0. The normalized spacial score (nSPS) is 12.1. The summed E-state index contributed by atoms with van der Waals surface area (Å²) in [5.41, 5.74) is 0.899. The molecule has 1 amide bonds. The molecule has 0 bridgehead atoms. The number of thiazole rings is 1. The Morgan fingerprint density at radius 3 is 2.76 bits per heavy atom. The van der Waals surface area contributed by atoms with E-state index in [-0.39, 0.29) is 24.2 Å². The number of rotatable bonds is 5. The lowest BCUT2D eigenvalue weighted by Gasteiger charge is -2.19. The largest absolute Gasteiger partial charge is 0.469 e. The quantitative estimate of drug-likeness (QED) is 0.653. The van der Waals surface area contributed by atoms with Gasteiger partial charge in [-0.2, -0.15) is 0 Å². The molecular formula is C18H18N2O4S. The van der Waals surface area contributed by atoms with E-state index in [0.717, 1.165) is 15.2 Å². The Kier molecular flexibility index (Phi) is 4.85. The van der Waals surface area contributed by atoms with Gasteiger partial charge in [0.05, 0.1) is 23.2 Å². The molecule has 0 radical (unpaired) electrons. The minimum Gasteiger partial charge on any atom is -0.469 e. The summed E-state index contributed by atoms with van der Waals surface area (Å²) in [5, 5.41) is 0.728. The zero-order valence-electron chi connectivity index (χ0n) is 14.2. The van der Waals surface area contributed by atoms with Crippen molar-refractivity contribution in [3.63, 3.8) is 0 Å². The van der Waals surface area contributed by atoms with Gasteiger partial charge in [0.2, 0.25) is 0 Å². The maximum Gasteiger partial charge on any atom is 0.310 e. The number of methoxy groups -OCH3 is 1. The standard InChI is InChI=1S/C18H18N2O4S/c1-11(18(22)23-3)10-20(2)17(21)14-9-8-13(24-14)16-19-12-6-4-5-7-15(12)25-16/h4-9,11H,10H2,1-3H3. The number of esters is 1. The van der Waals surface area contributed by atoms with Gasteiger partial charge in [0.1, 0.15) is 0 Å². The number of nitrogens with zero attached hydrogens (tertiary/aromatic N) is 2. The van der Waals surface area contributed by atoms with Crippen LogP contribution in [-0.4, -0.2) is 42.5 Å². The summed E-state index contributed by atoms with van der Waals surface area (Å²) in [6.45, 7) is 1.97. The topological polar surface area (TPSA) is 72.6 Å². The molecule has 7 heteroatoms. The van der Waals surface area contributed by atoms with Crippen molar-refractivity contribution in [1.82, 2.24) is 9.88 Å². The molecule has 0 N–H and O–H groups in total. The summed E-state index contributed by atoms with van der Waals surface area (Å²) in [5.74, 6) is -0.275. The maximum absolute atomic E-state index is 12.5. The van der Waals surface area contributed by atoms with Crippen molar-refractivity contribution >= 4 is 33.4 Å². The Morgan fingerprint density at radius 2 is 2.04 bits per heavy atom. The lowest BCUT2D eigenvalue weighted by Crippen LogP contribution is -2.33. The van der Waals surface area contributed by atoms with Gasteiger partial charge < -0.3 is 14.1 Å². The van der Waals surface area contributed by atoms with E-state index in [4.69, 9.17) is 4.42 Å². The van der Waals surface area contributed by atoms with E-state index >= 15 is 0 Å². The monoisotopic (exact) mass is 358 g/mol. The van der Waals surface area contributed by atoms with Crippen LogP contribution in [0.3, 0.4) is 0 Å². The van der Waals surface area contributed by atoms with E-state index in [1.165, 1.54) is 23.3 Å². The van der Waals surface area contributed by atoms with Gasteiger partial charge in [-0.25, -0.2) is 4.98 Å². The molecule has 130 valence electrons. The molecule has 0 aliphatic carbocycles. The highest BCUT2D eigenvalue weighted by atomic mass is 32.1. The SMILES string of the molecule is COC(=O)C(C)CN(C)C(=O)c1ccc(-c2nc3ccccc3s2)o1. The number of ether oxygens (including phenoxy) is 1. The molecular weight excluding hydrogens is 340 g/mol. The average molecular weight is 358 g/mol. The van der Waals surface area contributed by atoms with Crippen molar-refractivity contribution in [3.05, 3.63) is 42.2 Å². The van der Waals surface area contributed by atoms with Crippen LogP contribution in [0, 0.1) is 5.92 Å². The van der Waals surface area contributed by atoms with Crippen LogP contribution in [-0.2, 0) is 9.53 Å². The van der Waals surface area contributed by atoms with E-state index in [0.29, 0.717) is 5.76 Å². The maximum atomic E-state index is 12.5. The lowest BCUT2D eigenvalue weighted by molar-refractivity contribution is -0.145. The van der Waals surface area contributed by atoms with Crippen LogP contribution < -0.4 is 0 Å². The molecule has 1 aromatic carbocycles. The number of benzene rings is 1. The van der Waals surface area contributed by atoms with Gasteiger partial charge in [0.15, 0.2) is 16.5 Å². The summed E-state index contributed by atoms with van der Waals surface area (Å²) < 4.78 is 11.4. The predicted molar refractivity (Wildman–Crippen MR) is 95.5 cm³/mol. The van der Waals surface area contributed by atoms with Crippen LogP contribution >= 0.6 is 11.3 Å². The molecule has 1 unspecified atom stereocenters. The smallest absolute Gasteiger partial charge is 0.310 e. The van der Waals surface area contributed by atoms with E-state index in [1.54, 1.807) is 26.1 Å². The third kappa shape index (κ3) is 3.56. The first kappa shape index (κ1) is 17.2. The van der Waals surface area contributed by atoms with Gasteiger partial charge in [-0.05, 0) is 24.3 Å². The predicted octanol–water partition coefficient (Wildman–Crippen LogP) is 3.44. The van der Waals surface area contributed by atoms with Gasteiger partial charge in [-0.1, -0.05) is 19.1 Å². The number of amides is 1. The first-order valence-electron chi connectivity index (χ1n) is 7.78. The molecule has 0 spiro atoms. The van der Waals surface area contributed by atoms with Gasteiger partial charge in [0, 0.05) is 13.6 Å². The Balaban J connectivity index is 1.76. The van der Waals surface area contributed by atoms with Gasteiger partial charge in [-0.3, -0.25) is 9.59 Å². The number of hydrogen-bond acceptors (Lipinski definition) is 6. The Bertz CT molecular complexity index is 882. The Labute approximate surface area is 149 Å². The molecule has 3 rings (SSSR count). The van der Waals surface area contributed by atoms with E-state index in [2.05, 4.69) is 9.72 Å². The molecule has 0 aliphatic heterocycles. The number of furan rings is 1. The summed E-state index contributed by atoms with van der Waals surface area (Å²) >= 11 is 1.51. The number of aromatic nitrogens is 1. The van der Waals surface area contributed by atoms with E-state index < -0.39 is 5.92 Å². The van der Waals surface area contributed by atoms with Crippen molar-refractivity contribution in [2.75, 3.05) is 20.7 Å². The zero-order chi connectivity index (χ0) is 18.0. The third-order valence-electron chi connectivity index (χ3n) is 3.82. The lowest BCUT2D eigenvalue weighted by atomic mass is 10.1. The second-order valence-electron chi connectivity index (χ2n) is 5.76. The number of para-hydroxylation sites is 1. The van der Waals surface area contributed by atoms with Crippen LogP contribution in [0.2, 0.25) is 0 Å². The molecule has 2 aromatic heterocycles. The second kappa shape index (κ2) is 7.06. The highest BCUT2D eigenvalue weighted by molar-refractivity contribution is 7.21. The zero-order valence-corrected chi connectivity index (χ0v) is 15.0. The first-order valence-corrected chi connectivity index (χ1v) is 8.60. The van der Waals surface area contributed by atoms with Crippen LogP contribution in [0.4, 0.5) is 0 Å². The summed E-state index contributed by atoms with van der Waals surface area (Å²) in [6.07, 6.45) is 0. The van der Waals surface area contributed by atoms with Crippen LogP contribution in [0.5, 0.6) is 0 Å². The van der Waals surface area contributed by atoms with Crippen molar-refractivity contribution in [3.8, 4) is 10.8 Å². The molecule has 1 atom stereocenters. The number of carbonyl (C=O) groups is 2. The van der Waals surface area contributed by atoms with Gasteiger partial charge >= 0.3 is 5.97 Å². The minimum atomic E-state index is -0.405. The Hall–Kier alpha value is -2.67. The van der Waals surface area contributed by atoms with Crippen molar-refractivity contribution in [1.29, 1.82) is 0 Å². The molecule has 25 heavy (non-hydrogen) atoms. The second-order valence-corrected chi connectivity index (χ2v) is 6.79. The highest BCUT2D eigenvalue weighted by Gasteiger charge is 2.22. The molecule has 2 heterocycles. The van der Waals surface area contributed by atoms with E-state index in [1.807, 2.05) is 24.3 Å². The summed E-state index contributed by atoms with van der Waals surface area (Å²) in [6, 6.07) is 11.2. The number of hydrogen-bond donors (Lipinski definition) is 0. The van der Waals surface area contributed by atoms with Gasteiger partial charge in [0.25, 0.3) is 5.91 Å². The fourth-order valence-corrected chi connectivity index (χ4v) is 3.43. The third-order valence-corrected chi connectivity index (χ3v) is 4.87. The van der Waals surface area contributed by atoms with Crippen LogP contribution in [0.25, 0.3) is 21.0 Å². The van der Waals surface area contributed by atoms with Crippen molar-refractivity contribution < 1.29 is 18.7 Å². The summed E-state index contributed by atoms with van der Waals surface area (Å²) in [4.78, 5) is 29.9.